The molecule has 0 aliphatic rings. The normalized spacial score (nSPS) is 10.4. The molecule has 0 bridgehead atoms. The highest BCUT2D eigenvalue weighted by Gasteiger charge is 2.01. The molecule has 0 atom stereocenters. The first kappa shape index (κ1) is 11.2. The first-order chi connectivity index (χ1) is 6.61. The minimum atomic E-state index is 0.0874. The third-order valence-electron chi connectivity index (χ3n) is 1.37. The lowest BCUT2D eigenvalue weighted by Gasteiger charge is -2.00. The standard InChI is InChI=1S/C8H7Cl2N3S/c9-6-2-1-3-7(10)5(6)4-12-13-8(11)14/h1-4H,(H3,11,13,14)/b12-4-. The van der Waals surface area contributed by atoms with Gasteiger partial charge in [-0.05, 0) is 24.4 Å². The third kappa shape index (κ3) is 3.14. The van der Waals surface area contributed by atoms with E-state index in [2.05, 4.69) is 22.7 Å². The van der Waals surface area contributed by atoms with Gasteiger partial charge in [-0.2, -0.15) is 5.10 Å². The predicted molar refractivity (Wildman–Crippen MR) is 64.0 cm³/mol. The summed E-state index contributed by atoms with van der Waals surface area (Å²) in [5.41, 5.74) is 8.21. The quantitative estimate of drug-likeness (QED) is 0.479. The van der Waals surface area contributed by atoms with Gasteiger partial charge >= 0.3 is 0 Å². The number of nitrogens with two attached hydrogens (primary N) is 1. The number of nitrogens with zero attached hydrogens (tertiary/aromatic N) is 1. The van der Waals surface area contributed by atoms with Crippen molar-refractivity contribution in [2.24, 2.45) is 10.8 Å². The number of benzene rings is 1. The molecule has 3 N–H and O–H groups in total. The van der Waals surface area contributed by atoms with Crippen molar-refractivity contribution in [1.29, 1.82) is 0 Å². The lowest BCUT2D eigenvalue weighted by Crippen LogP contribution is -2.24. The Balaban J connectivity index is 2.85. The van der Waals surface area contributed by atoms with Crippen molar-refractivity contribution in [3.05, 3.63) is 33.8 Å². The predicted octanol–water partition coefficient (Wildman–Crippen LogP) is 2.16. The minimum absolute atomic E-state index is 0.0874. The molecule has 0 fully saturated rings. The van der Waals surface area contributed by atoms with Crippen LogP contribution in [-0.4, -0.2) is 11.3 Å². The monoisotopic (exact) mass is 247 g/mol. The SMILES string of the molecule is NC(=S)N/N=C\c1c(Cl)cccc1Cl. The highest BCUT2D eigenvalue weighted by Crippen LogP contribution is 2.21. The third-order valence-corrected chi connectivity index (χ3v) is 2.12. The zero-order valence-electron chi connectivity index (χ0n) is 7.00. The molecule has 0 heterocycles. The maximum atomic E-state index is 5.88. The summed E-state index contributed by atoms with van der Waals surface area (Å²) in [5.74, 6) is 0. The molecule has 74 valence electrons. The molecular weight excluding hydrogens is 241 g/mol. The number of rotatable bonds is 2. The van der Waals surface area contributed by atoms with E-state index in [0.29, 0.717) is 15.6 Å². The van der Waals surface area contributed by atoms with Crippen molar-refractivity contribution in [3.63, 3.8) is 0 Å². The summed E-state index contributed by atoms with van der Waals surface area (Å²) in [6.45, 7) is 0. The fourth-order valence-corrected chi connectivity index (χ4v) is 1.34. The largest absolute Gasteiger partial charge is 0.375 e. The molecule has 0 saturated carbocycles. The van der Waals surface area contributed by atoms with Crippen molar-refractivity contribution in [1.82, 2.24) is 5.43 Å². The van der Waals surface area contributed by atoms with E-state index in [1.807, 2.05) is 0 Å². The number of hydrogen-bond donors (Lipinski definition) is 2. The van der Waals surface area contributed by atoms with E-state index < -0.39 is 0 Å². The average Bonchev–Trinajstić information content (AvgIpc) is 2.09. The van der Waals surface area contributed by atoms with Crippen molar-refractivity contribution < 1.29 is 0 Å². The van der Waals surface area contributed by atoms with Gasteiger partial charge in [0.15, 0.2) is 5.11 Å². The van der Waals surface area contributed by atoms with Crippen molar-refractivity contribution in [3.8, 4) is 0 Å². The van der Waals surface area contributed by atoms with Crippen LogP contribution in [0.5, 0.6) is 0 Å². The second kappa shape index (κ2) is 5.14. The summed E-state index contributed by atoms with van der Waals surface area (Å²) in [5, 5.41) is 4.88. The van der Waals surface area contributed by atoms with E-state index in [-0.39, 0.29) is 5.11 Å². The molecular formula is C8H7Cl2N3S. The Morgan fingerprint density at radius 1 is 1.43 bits per heavy atom. The second-order valence-electron chi connectivity index (χ2n) is 2.37. The van der Waals surface area contributed by atoms with Crippen LogP contribution in [0.25, 0.3) is 0 Å². The second-order valence-corrected chi connectivity index (χ2v) is 3.62. The number of thiocarbonyl (C=S) groups is 1. The zero-order chi connectivity index (χ0) is 10.6. The van der Waals surface area contributed by atoms with Gasteiger partial charge in [-0.3, -0.25) is 5.43 Å². The van der Waals surface area contributed by atoms with E-state index >= 15 is 0 Å². The summed E-state index contributed by atoms with van der Waals surface area (Å²) >= 11 is 16.3. The fraction of sp³-hybridized carbons (Fsp3) is 0. The number of nitrogens with one attached hydrogen (secondary N) is 1. The maximum Gasteiger partial charge on any atom is 0.184 e. The Bertz CT molecular complexity index is 359. The number of hydrogen-bond acceptors (Lipinski definition) is 2. The van der Waals surface area contributed by atoms with E-state index in [1.54, 1.807) is 18.2 Å². The highest BCUT2D eigenvalue weighted by atomic mass is 35.5. The van der Waals surface area contributed by atoms with Crippen LogP contribution in [-0.2, 0) is 0 Å². The lowest BCUT2D eigenvalue weighted by atomic mass is 10.2. The fourth-order valence-electron chi connectivity index (χ4n) is 0.794. The van der Waals surface area contributed by atoms with Gasteiger partial charge in [0.1, 0.15) is 0 Å². The van der Waals surface area contributed by atoms with Crippen molar-refractivity contribution >= 4 is 46.7 Å². The molecule has 0 unspecified atom stereocenters. The van der Waals surface area contributed by atoms with Gasteiger partial charge in [0.25, 0.3) is 0 Å². The van der Waals surface area contributed by atoms with Crippen LogP contribution in [0.4, 0.5) is 0 Å². The maximum absolute atomic E-state index is 5.88. The Kier molecular flexibility index (Phi) is 4.13. The van der Waals surface area contributed by atoms with Crippen LogP contribution in [0, 0.1) is 0 Å². The summed E-state index contributed by atoms with van der Waals surface area (Å²) in [7, 11) is 0. The molecule has 0 saturated heterocycles. The van der Waals surface area contributed by atoms with E-state index in [4.69, 9.17) is 28.9 Å². The van der Waals surface area contributed by atoms with Gasteiger partial charge in [-0.15, -0.1) is 0 Å². The van der Waals surface area contributed by atoms with Crippen LogP contribution in [0.3, 0.4) is 0 Å². The summed E-state index contributed by atoms with van der Waals surface area (Å²) < 4.78 is 0. The highest BCUT2D eigenvalue weighted by molar-refractivity contribution is 7.80. The molecule has 0 amide bonds. The molecule has 0 aliphatic heterocycles. The summed E-state index contributed by atoms with van der Waals surface area (Å²) in [6, 6.07) is 5.19. The molecule has 0 spiro atoms. The van der Waals surface area contributed by atoms with Crippen LogP contribution in [0.15, 0.2) is 23.3 Å². The number of halogens is 2. The topological polar surface area (TPSA) is 50.4 Å². The first-order valence-corrected chi connectivity index (χ1v) is 4.80. The van der Waals surface area contributed by atoms with Gasteiger partial charge in [0.2, 0.25) is 0 Å². The van der Waals surface area contributed by atoms with Crippen LogP contribution >= 0.6 is 35.4 Å². The summed E-state index contributed by atoms with van der Waals surface area (Å²) in [6.07, 6.45) is 1.46. The van der Waals surface area contributed by atoms with Gasteiger partial charge in [0.05, 0.1) is 16.3 Å². The molecule has 1 aromatic rings. The van der Waals surface area contributed by atoms with Gasteiger partial charge in [0, 0.05) is 5.56 Å². The lowest BCUT2D eigenvalue weighted by molar-refractivity contribution is 1.04. The summed E-state index contributed by atoms with van der Waals surface area (Å²) in [4.78, 5) is 0. The average molecular weight is 248 g/mol. The van der Waals surface area contributed by atoms with E-state index in [9.17, 15) is 0 Å². The first-order valence-electron chi connectivity index (χ1n) is 3.64. The molecule has 0 aliphatic carbocycles. The Hall–Kier alpha value is -0.840. The van der Waals surface area contributed by atoms with Gasteiger partial charge in [-0.1, -0.05) is 29.3 Å². The minimum Gasteiger partial charge on any atom is -0.375 e. The molecule has 1 rings (SSSR count). The Labute approximate surface area is 96.9 Å². The Morgan fingerprint density at radius 3 is 2.50 bits per heavy atom. The number of hydrazone groups is 1. The molecule has 0 radical (unpaired) electrons. The van der Waals surface area contributed by atoms with Gasteiger partial charge < -0.3 is 5.73 Å². The molecule has 0 aromatic heterocycles. The van der Waals surface area contributed by atoms with Crippen molar-refractivity contribution in [2.75, 3.05) is 0 Å². The van der Waals surface area contributed by atoms with Gasteiger partial charge in [-0.25, -0.2) is 0 Å². The van der Waals surface area contributed by atoms with Crippen LogP contribution in [0.2, 0.25) is 10.0 Å². The molecule has 14 heavy (non-hydrogen) atoms. The van der Waals surface area contributed by atoms with Crippen LogP contribution in [0.1, 0.15) is 5.56 Å². The molecule has 1 aromatic carbocycles. The molecule has 6 heteroatoms. The van der Waals surface area contributed by atoms with E-state index in [1.165, 1.54) is 6.21 Å². The van der Waals surface area contributed by atoms with Crippen LogP contribution < -0.4 is 11.2 Å². The zero-order valence-corrected chi connectivity index (χ0v) is 9.33. The smallest absolute Gasteiger partial charge is 0.184 e. The Morgan fingerprint density at radius 2 is 2.00 bits per heavy atom. The molecule has 3 nitrogen and oxygen atoms in total. The van der Waals surface area contributed by atoms with E-state index in [0.717, 1.165) is 0 Å². The van der Waals surface area contributed by atoms with Crippen molar-refractivity contribution in [2.45, 2.75) is 0 Å².